The molecule has 0 amide bonds. The number of benzene rings is 1. The van der Waals surface area contributed by atoms with Crippen LogP contribution < -0.4 is 4.72 Å². The molecule has 2 aromatic rings. The molecule has 0 atom stereocenters. The SMILES string of the molecule is CCCCS(=O)(=O)NCCc1ccc(-c2csc(C)n2)cc1. The minimum absolute atomic E-state index is 0.214. The second-order valence-corrected chi connectivity index (χ2v) is 8.25. The molecule has 1 aromatic heterocycles. The van der Waals surface area contributed by atoms with Crippen LogP contribution in [0.15, 0.2) is 29.6 Å². The molecule has 1 heterocycles. The van der Waals surface area contributed by atoms with Crippen LogP contribution in [0.2, 0.25) is 0 Å². The zero-order valence-corrected chi connectivity index (χ0v) is 14.6. The summed E-state index contributed by atoms with van der Waals surface area (Å²) in [5, 5.41) is 3.10. The summed E-state index contributed by atoms with van der Waals surface area (Å²) in [5.74, 6) is 0.214. The fourth-order valence-electron chi connectivity index (χ4n) is 2.10. The fraction of sp³-hybridized carbons (Fsp3) is 0.438. The number of nitrogens with zero attached hydrogens (tertiary/aromatic N) is 1. The molecule has 6 heteroatoms. The maximum atomic E-state index is 11.7. The van der Waals surface area contributed by atoms with Crippen LogP contribution in [0.3, 0.4) is 0 Å². The number of rotatable bonds is 8. The van der Waals surface area contributed by atoms with Gasteiger partial charge in [0.05, 0.1) is 16.5 Å². The number of sulfonamides is 1. The van der Waals surface area contributed by atoms with Crippen LogP contribution in [-0.2, 0) is 16.4 Å². The van der Waals surface area contributed by atoms with E-state index < -0.39 is 10.0 Å². The van der Waals surface area contributed by atoms with E-state index in [9.17, 15) is 8.42 Å². The van der Waals surface area contributed by atoms with Crippen molar-refractivity contribution >= 4 is 21.4 Å². The minimum Gasteiger partial charge on any atom is -0.242 e. The molecule has 0 saturated carbocycles. The highest BCUT2D eigenvalue weighted by molar-refractivity contribution is 7.89. The Kier molecular flexibility index (Phi) is 6.11. The minimum atomic E-state index is -3.12. The number of nitrogens with one attached hydrogen (secondary N) is 1. The van der Waals surface area contributed by atoms with Gasteiger partial charge >= 0.3 is 0 Å². The van der Waals surface area contributed by atoms with Gasteiger partial charge in [0.25, 0.3) is 0 Å². The summed E-state index contributed by atoms with van der Waals surface area (Å²) in [6.07, 6.45) is 2.29. The summed E-state index contributed by atoms with van der Waals surface area (Å²) in [6.45, 7) is 4.43. The van der Waals surface area contributed by atoms with Crippen molar-refractivity contribution < 1.29 is 8.42 Å². The maximum Gasteiger partial charge on any atom is 0.211 e. The molecular weight excluding hydrogens is 316 g/mol. The Balaban J connectivity index is 1.87. The van der Waals surface area contributed by atoms with Gasteiger partial charge < -0.3 is 0 Å². The number of unbranched alkanes of at least 4 members (excludes halogenated alkanes) is 1. The molecule has 0 fully saturated rings. The molecule has 0 aliphatic carbocycles. The molecule has 120 valence electrons. The number of hydrogen-bond acceptors (Lipinski definition) is 4. The molecule has 1 aromatic carbocycles. The van der Waals surface area contributed by atoms with Crippen molar-refractivity contribution in [3.8, 4) is 11.3 Å². The van der Waals surface area contributed by atoms with Crippen molar-refractivity contribution in [3.63, 3.8) is 0 Å². The smallest absolute Gasteiger partial charge is 0.211 e. The van der Waals surface area contributed by atoms with Crippen molar-refractivity contribution in [3.05, 3.63) is 40.2 Å². The molecule has 22 heavy (non-hydrogen) atoms. The van der Waals surface area contributed by atoms with E-state index in [0.717, 1.165) is 28.2 Å². The van der Waals surface area contributed by atoms with Crippen molar-refractivity contribution in [2.24, 2.45) is 0 Å². The van der Waals surface area contributed by atoms with E-state index in [1.54, 1.807) is 11.3 Å². The third-order valence-electron chi connectivity index (χ3n) is 3.37. The molecule has 2 rings (SSSR count). The molecular formula is C16H22N2O2S2. The van der Waals surface area contributed by atoms with Gasteiger partial charge in [-0.25, -0.2) is 18.1 Å². The first-order valence-electron chi connectivity index (χ1n) is 7.49. The van der Waals surface area contributed by atoms with Gasteiger partial charge in [-0.15, -0.1) is 11.3 Å². The Labute approximate surface area is 136 Å². The first-order valence-corrected chi connectivity index (χ1v) is 10.0. The molecule has 0 saturated heterocycles. The van der Waals surface area contributed by atoms with E-state index in [2.05, 4.69) is 9.71 Å². The first-order chi connectivity index (χ1) is 10.5. The van der Waals surface area contributed by atoms with Crippen molar-refractivity contribution in [2.75, 3.05) is 12.3 Å². The van der Waals surface area contributed by atoms with E-state index in [1.807, 2.05) is 43.5 Å². The lowest BCUT2D eigenvalue weighted by Gasteiger charge is -2.06. The van der Waals surface area contributed by atoms with Gasteiger partial charge in [0.2, 0.25) is 10.0 Å². The Morgan fingerprint density at radius 1 is 1.23 bits per heavy atom. The molecule has 0 radical (unpaired) electrons. The first kappa shape index (κ1) is 17.1. The van der Waals surface area contributed by atoms with Crippen LogP contribution in [0.4, 0.5) is 0 Å². The van der Waals surface area contributed by atoms with E-state index in [-0.39, 0.29) is 5.75 Å². The van der Waals surface area contributed by atoms with Crippen molar-refractivity contribution in [1.29, 1.82) is 0 Å². The zero-order chi connectivity index (χ0) is 16.0. The molecule has 0 spiro atoms. The molecule has 0 bridgehead atoms. The van der Waals surface area contributed by atoms with E-state index >= 15 is 0 Å². The van der Waals surface area contributed by atoms with E-state index in [1.165, 1.54) is 0 Å². The Morgan fingerprint density at radius 3 is 2.55 bits per heavy atom. The standard InChI is InChI=1S/C16H22N2O2S2/c1-3-4-11-22(19,20)17-10-9-14-5-7-15(8-6-14)16-12-21-13(2)18-16/h5-8,12,17H,3-4,9-11H2,1-2H3. The second-order valence-electron chi connectivity index (χ2n) is 5.27. The monoisotopic (exact) mass is 338 g/mol. The van der Waals surface area contributed by atoms with Gasteiger partial charge in [-0.05, 0) is 25.3 Å². The van der Waals surface area contributed by atoms with E-state index in [4.69, 9.17) is 0 Å². The summed E-state index contributed by atoms with van der Waals surface area (Å²) in [5.41, 5.74) is 3.21. The summed E-state index contributed by atoms with van der Waals surface area (Å²) in [7, 11) is -3.12. The predicted molar refractivity (Wildman–Crippen MR) is 92.7 cm³/mol. The lowest BCUT2D eigenvalue weighted by Crippen LogP contribution is -2.28. The van der Waals surface area contributed by atoms with Crippen molar-refractivity contribution in [2.45, 2.75) is 33.1 Å². The average Bonchev–Trinajstić information content (AvgIpc) is 2.92. The highest BCUT2D eigenvalue weighted by Crippen LogP contribution is 2.21. The molecule has 0 aliphatic rings. The molecule has 4 nitrogen and oxygen atoms in total. The summed E-state index contributed by atoms with van der Waals surface area (Å²) in [4.78, 5) is 4.46. The van der Waals surface area contributed by atoms with Crippen LogP contribution in [0.5, 0.6) is 0 Å². The number of thiazole rings is 1. The number of aromatic nitrogens is 1. The molecule has 1 N–H and O–H groups in total. The summed E-state index contributed by atoms with van der Waals surface area (Å²) in [6, 6.07) is 8.14. The van der Waals surface area contributed by atoms with Gasteiger partial charge in [0.15, 0.2) is 0 Å². The summed E-state index contributed by atoms with van der Waals surface area (Å²) >= 11 is 1.64. The van der Waals surface area contributed by atoms with E-state index in [0.29, 0.717) is 19.4 Å². The third kappa shape index (κ3) is 5.19. The predicted octanol–water partition coefficient (Wildman–Crippen LogP) is 3.38. The highest BCUT2D eigenvalue weighted by Gasteiger charge is 2.08. The third-order valence-corrected chi connectivity index (χ3v) is 5.61. The van der Waals surface area contributed by atoms with Crippen LogP contribution in [0.1, 0.15) is 30.3 Å². The Bertz CT molecular complexity index is 691. The number of hydrogen-bond donors (Lipinski definition) is 1. The van der Waals surface area contributed by atoms with Gasteiger partial charge in [0.1, 0.15) is 0 Å². The lowest BCUT2D eigenvalue weighted by atomic mass is 10.1. The fourth-order valence-corrected chi connectivity index (χ4v) is 3.94. The maximum absolute atomic E-state index is 11.7. The van der Waals surface area contributed by atoms with Gasteiger partial charge in [-0.2, -0.15) is 0 Å². The van der Waals surface area contributed by atoms with Crippen LogP contribution in [0, 0.1) is 6.92 Å². The highest BCUT2D eigenvalue weighted by atomic mass is 32.2. The van der Waals surface area contributed by atoms with Crippen LogP contribution >= 0.6 is 11.3 Å². The van der Waals surface area contributed by atoms with Gasteiger partial charge in [-0.1, -0.05) is 37.6 Å². The zero-order valence-electron chi connectivity index (χ0n) is 13.0. The quantitative estimate of drug-likeness (QED) is 0.803. The van der Waals surface area contributed by atoms with Crippen LogP contribution in [0.25, 0.3) is 11.3 Å². The van der Waals surface area contributed by atoms with Crippen molar-refractivity contribution in [1.82, 2.24) is 9.71 Å². The Morgan fingerprint density at radius 2 is 1.95 bits per heavy atom. The van der Waals surface area contributed by atoms with Crippen LogP contribution in [-0.4, -0.2) is 25.7 Å². The summed E-state index contributed by atoms with van der Waals surface area (Å²) < 4.78 is 26.1. The number of aryl methyl sites for hydroxylation is 1. The molecule has 0 aliphatic heterocycles. The van der Waals surface area contributed by atoms with Gasteiger partial charge in [-0.3, -0.25) is 0 Å². The van der Waals surface area contributed by atoms with Gasteiger partial charge in [0, 0.05) is 17.5 Å². The lowest BCUT2D eigenvalue weighted by molar-refractivity contribution is 0.578. The average molecular weight is 338 g/mol. The molecule has 0 unspecified atom stereocenters. The normalized spacial score (nSPS) is 11.7. The Hall–Kier alpha value is -1.24. The largest absolute Gasteiger partial charge is 0.242 e. The second kappa shape index (κ2) is 7.85. The topological polar surface area (TPSA) is 59.1 Å².